The Morgan fingerprint density at radius 1 is 1.13 bits per heavy atom. The number of carbonyl (C=O) groups excluding carboxylic acids is 1. The Hall–Kier alpha value is -3.45. The molecule has 0 aliphatic heterocycles. The van der Waals surface area contributed by atoms with Crippen LogP contribution in [0, 0.1) is 5.82 Å². The van der Waals surface area contributed by atoms with E-state index in [0.29, 0.717) is 22.0 Å². The molecule has 6 nitrogen and oxygen atoms in total. The zero-order valence-corrected chi connectivity index (χ0v) is 16.7. The molecule has 8 heteroatoms. The van der Waals surface area contributed by atoms with Crippen molar-refractivity contribution in [1.29, 1.82) is 0 Å². The minimum atomic E-state index is -1.18. The van der Waals surface area contributed by atoms with Gasteiger partial charge in [0.15, 0.2) is 0 Å². The van der Waals surface area contributed by atoms with E-state index in [2.05, 4.69) is 10.3 Å². The molecule has 1 amide bonds. The molecule has 30 heavy (non-hydrogen) atoms. The fraction of sp³-hybridized carbons (Fsp3) is 0.136. The summed E-state index contributed by atoms with van der Waals surface area (Å²) < 4.78 is 19.5. The van der Waals surface area contributed by atoms with Crippen LogP contribution in [0.5, 0.6) is 5.75 Å². The monoisotopic (exact) mass is 428 g/mol. The van der Waals surface area contributed by atoms with Crippen molar-refractivity contribution in [3.05, 3.63) is 82.8 Å². The molecule has 0 aliphatic rings. The number of carboxylic acid groups (broad SMARTS) is 1. The summed E-state index contributed by atoms with van der Waals surface area (Å²) in [4.78, 5) is 28.4. The summed E-state index contributed by atoms with van der Waals surface area (Å²) in [5.41, 5.74) is 1.02. The lowest BCUT2D eigenvalue weighted by molar-refractivity contribution is -0.137. The van der Waals surface area contributed by atoms with Gasteiger partial charge in [-0.25, -0.2) is 9.37 Å². The summed E-state index contributed by atoms with van der Waals surface area (Å²) >= 11 is 6.26. The Balaban J connectivity index is 1.96. The number of carboxylic acids is 1. The maximum atomic E-state index is 14.2. The molecule has 0 saturated carbocycles. The highest BCUT2D eigenvalue weighted by molar-refractivity contribution is 6.33. The van der Waals surface area contributed by atoms with Gasteiger partial charge in [-0.05, 0) is 24.3 Å². The van der Waals surface area contributed by atoms with Gasteiger partial charge in [0.05, 0.1) is 24.6 Å². The van der Waals surface area contributed by atoms with Gasteiger partial charge in [0, 0.05) is 11.1 Å². The van der Waals surface area contributed by atoms with E-state index in [0.717, 1.165) is 0 Å². The maximum Gasteiger partial charge on any atom is 0.305 e. The van der Waals surface area contributed by atoms with Crippen LogP contribution in [0.2, 0.25) is 5.02 Å². The predicted octanol–water partition coefficient (Wildman–Crippen LogP) is 4.50. The number of benzene rings is 2. The van der Waals surface area contributed by atoms with Crippen molar-refractivity contribution in [2.45, 2.75) is 12.5 Å². The molecule has 1 unspecified atom stereocenters. The van der Waals surface area contributed by atoms with Gasteiger partial charge in [0.25, 0.3) is 5.91 Å². The second kappa shape index (κ2) is 9.37. The number of methoxy groups -OCH3 is 1. The Labute approximate surface area is 177 Å². The molecule has 0 bridgehead atoms. The number of ether oxygens (including phenoxy) is 1. The van der Waals surface area contributed by atoms with Gasteiger partial charge in [-0.2, -0.15) is 0 Å². The lowest BCUT2D eigenvalue weighted by Crippen LogP contribution is -2.31. The Morgan fingerprint density at radius 3 is 2.50 bits per heavy atom. The fourth-order valence-electron chi connectivity index (χ4n) is 2.99. The van der Waals surface area contributed by atoms with Gasteiger partial charge in [-0.3, -0.25) is 9.59 Å². The number of nitrogens with one attached hydrogen (secondary N) is 1. The molecule has 1 atom stereocenters. The summed E-state index contributed by atoms with van der Waals surface area (Å²) in [6, 6.07) is 14.6. The van der Waals surface area contributed by atoms with Crippen molar-refractivity contribution in [3.63, 3.8) is 0 Å². The van der Waals surface area contributed by atoms with Gasteiger partial charge in [0.2, 0.25) is 0 Å². The summed E-state index contributed by atoms with van der Waals surface area (Å²) in [5, 5.41) is 12.2. The number of hydrogen-bond acceptors (Lipinski definition) is 4. The molecule has 0 fully saturated rings. The first-order valence-corrected chi connectivity index (χ1v) is 9.35. The summed E-state index contributed by atoms with van der Waals surface area (Å²) in [5.74, 6) is -2.03. The topological polar surface area (TPSA) is 88.5 Å². The molecule has 2 N–H and O–H groups in total. The number of hydrogen-bond donors (Lipinski definition) is 2. The van der Waals surface area contributed by atoms with E-state index in [1.807, 2.05) is 0 Å². The maximum absolute atomic E-state index is 14.2. The highest BCUT2D eigenvalue weighted by atomic mass is 35.5. The van der Waals surface area contributed by atoms with Crippen LogP contribution in [0.25, 0.3) is 11.3 Å². The molecule has 2 aromatic carbocycles. The number of pyridine rings is 1. The highest BCUT2D eigenvalue weighted by Crippen LogP contribution is 2.33. The minimum absolute atomic E-state index is 0.0115. The van der Waals surface area contributed by atoms with Gasteiger partial charge in [0.1, 0.15) is 23.0 Å². The first-order valence-electron chi connectivity index (χ1n) is 8.97. The minimum Gasteiger partial charge on any atom is -0.494 e. The molecular weight excluding hydrogens is 411 g/mol. The van der Waals surface area contributed by atoms with Crippen LogP contribution in [-0.2, 0) is 4.79 Å². The van der Waals surface area contributed by atoms with Crippen molar-refractivity contribution in [2.24, 2.45) is 0 Å². The van der Waals surface area contributed by atoms with E-state index >= 15 is 0 Å². The number of aromatic nitrogens is 1. The Morgan fingerprint density at radius 2 is 1.83 bits per heavy atom. The SMILES string of the molecule is COc1ccc(C(=O)NC(CC(=O)O)c2ccccc2F)nc1-c1ccccc1Cl. The largest absolute Gasteiger partial charge is 0.494 e. The zero-order chi connectivity index (χ0) is 21.7. The zero-order valence-electron chi connectivity index (χ0n) is 15.9. The van der Waals surface area contributed by atoms with E-state index in [1.165, 1.54) is 31.4 Å². The van der Waals surface area contributed by atoms with Crippen molar-refractivity contribution in [2.75, 3.05) is 7.11 Å². The average molecular weight is 429 g/mol. The third-order valence-electron chi connectivity index (χ3n) is 4.40. The number of aliphatic carboxylic acids is 1. The summed E-state index contributed by atoms with van der Waals surface area (Å²) in [6.45, 7) is 0. The normalized spacial score (nSPS) is 11.6. The first kappa shape index (κ1) is 21.3. The van der Waals surface area contributed by atoms with Crippen LogP contribution < -0.4 is 10.1 Å². The number of nitrogens with zero attached hydrogens (tertiary/aromatic N) is 1. The van der Waals surface area contributed by atoms with E-state index in [9.17, 15) is 19.1 Å². The van der Waals surface area contributed by atoms with Crippen LogP contribution >= 0.6 is 11.6 Å². The second-order valence-electron chi connectivity index (χ2n) is 6.37. The second-order valence-corrected chi connectivity index (χ2v) is 6.78. The number of carbonyl (C=O) groups is 2. The van der Waals surface area contributed by atoms with Crippen LogP contribution in [0.3, 0.4) is 0 Å². The highest BCUT2D eigenvalue weighted by Gasteiger charge is 2.23. The van der Waals surface area contributed by atoms with Gasteiger partial charge in [-0.1, -0.05) is 48.0 Å². The van der Waals surface area contributed by atoms with Crippen LogP contribution in [0.15, 0.2) is 60.7 Å². The van der Waals surface area contributed by atoms with E-state index in [4.69, 9.17) is 16.3 Å². The molecule has 0 saturated heterocycles. The summed E-state index contributed by atoms with van der Waals surface area (Å²) in [7, 11) is 1.47. The average Bonchev–Trinajstić information content (AvgIpc) is 2.73. The molecule has 0 aliphatic carbocycles. The van der Waals surface area contributed by atoms with Gasteiger partial charge < -0.3 is 15.2 Å². The molecule has 1 heterocycles. The van der Waals surface area contributed by atoms with Crippen molar-refractivity contribution >= 4 is 23.5 Å². The smallest absolute Gasteiger partial charge is 0.305 e. The number of rotatable bonds is 7. The van der Waals surface area contributed by atoms with Crippen molar-refractivity contribution in [3.8, 4) is 17.0 Å². The third kappa shape index (κ3) is 4.75. The fourth-order valence-corrected chi connectivity index (χ4v) is 3.21. The number of amides is 1. The molecular formula is C22H18ClFN2O4. The van der Waals surface area contributed by atoms with Gasteiger partial charge in [-0.15, -0.1) is 0 Å². The predicted molar refractivity (Wildman–Crippen MR) is 110 cm³/mol. The molecule has 3 aromatic rings. The van der Waals surface area contributed by atoms with Crippen LogP contribution in [0.1, 0.15) is 28.5 Å². The molecule has 0 spiro atoms. The quantitative estimate of drug-likeness (QED) is 0.578. The van der Waals surface area contributed by atoms with Crippen molar-refractivity contribution < 1.29 is 23.8 Å². The lowest BCUT2D eigenvalue weighted by Gasteiger charge is -2.18. The van der Waals surface area contributed by atoms with Crippen LogP contribution in [-0.4, -0.2) is 29.1 Å². The van der Waals surface area contributed by atoms with E-state index < -0.39 is 30.2 Å². The van der Waals surface area contributed by atoms with Gasteiger partial charge >= 0.3 is 5.97 Å². The lowest BCUT2D eigenvalue weighted by atomic mass is 10.0. The number of halogens is 2. The third-order valence-corrected chi connectivity index (χ3v) is 4.73. The van der Waals surface area contributed by atoms with E-state index in [-0.39, 0.29) is 11.3 Å². The summed E-state index contributed by atoms with van der Waals surface area (Å²) in [6.07, 6.45) is -0.486. The standard InChI is InChI=1S/C22H18ClFN2O4/c1-30-19-11-10-17(25-21(19)13-6-2-4-8-15(13)23)22(29)26-18(12-20(27)28)14-7-3-5-9-16(14)24/h2-11,18H,12H2,1H3,(H,26,29)(H,27,28). The Bertz CT molecular complexity index is 1090. The van der Waals surface area contributed by atoms with Crippen molar-refractivity contribution in [1.82, 2.24) is 10.3 Å². The Kier molecular flexibility index (Phi) is 6.64. The van der Waals surface area contributed by atoms with E-state index in [1.54, 1.807) is 36.4 Å². The molecule has 3 rings (SSSR count). The molecule has 0 radical (unpaired) electrons. The molecule has 154 valence electrons. The first-order chi connectivity index (χ1) is 14.4. The van der Waals surface area contributed by atoms with Crippen LogP contribution in [0.4, 0.5) is 4.39 Å². The molecule has 1 aromatic heterocycles.